The van der Waals surface area contributed by atoms with Crippen molar-refractivity contribution in [2.24, 2.45) is 0 Å². The van der Waals surface area contributed by atoms with Crippen molar-refractivity contribution in [1.29, 1.82) is 0 Å². The molecule has 0 bridgehead atoms. The first kappa shape index (κ1) is 23.3. The number of rotatable bonds is 10. The molecule has 3 aromatic rings. The smallest absolute Gasteiger partial charge is 0.362 e. The molecule has 32 heavy (non-hydrogen) atoms. The van der Waals surface area contributed by atoms with Gasteiger partial charge in [-0.15, -0.1) is 0 Å². The van der Waals surface area contributed by atoms with Crippen LogP contribution in [-0.2, 0) is 14.8 Å². The van der Waals surface area contributed by atoms with E-state index >= 15 is 0 Å². The van der Waals surface area contributed by atoms with Gasteiger partial charge in [-0.3, -0.25) is 0 Å². The van der Waals surface area contributed by atoms with Crippen LogP contribution in [0.15, 0.2) is 65.7 Å². The molecule has 1 heterocycles. The average Bonchev–Trinajstić information content (AvgIpc) is 3.22. The molecule has 0 aliphatic rings. The second-order valence-corrected chi connectivity index (χ2v) is 8.95. The van der Waals surface area contributed by atoms with E-state index in [2.05, 4.69) is 5.10 Å². The van der Waals surface area contributed by atoms with Gasteiger partial charge in [0.1, 0.15) is 19.0 Å². The number of hydrogen-bond donors (Lipinski definition) is 0. The highest BCUT2D eigenvalue weighted by Gasteiger charge is 2.20. The minimum atomic E-state index is -3.49. The maximum Gasteiger partial charge on any atom is 0.362 e. The molecule has 3 rings (SSSR count). The maximum atomic E-state index is 12.3. The zero-order chi connectivity index (χ0) is 23.1. The number of ether oxygens (including phenoxy) is 3. The summed E-state index contributed by atoms with van der Waals surface area (Å²) in [5.41, 5.74) is 0.853. The lowest BCUT2D eigenvalue weighted by Crippen LogP contribution is -2.22. The van der Waals surface area contributed by atoms with Crippen LogP contribution in [0.3, 0.4) is 0 Å². The number of hydrogen-bond acceptors (Lipinski definition) is 7. The third-order valence-electron chi connectivity index (χ3n) is 4.38. The van der Waals surface area contributed by atoms with E-state index in [0.29, 0.717) is 5.75 Å². The normalized spacial score (nSPS) is 11.4. The fourth-order valence-electron chi connectivity index (χ4n) is 2.75. The molecule has 10 heteroatoms. The monoisotopic (exact) mass is 459 g/mol. The Hall–Kier alpha value is -3.37. The van der Waals surface area contributed by atoms with Crippen molar-refractivity contribution in [3.63, 3.8) is 0 Å². The van der Waals surface area contributed by atoms with E-state index in [0.717, 1.165) is 9.99 Å². The summed E-state index contributed by atoms with van der Waals surface area (Å²) >= 11 is 0. The molecule has 1 aromatic heterocycles. The fraction of sp³-hybridized carbons (Fsp3) is 0.273. The summed E-state index contributed by atoms with van der Waals surface area (Å²) in [7, 11) is -0.546. The van der Waals surface area contributed by atoms with Gasteiger partial charge >= 0.3 is 5.97 Å². The molecule has 0 saturated heterocycles. The number of para-hydroxylation sites is 1. The largest absolute Gasteiger partial charge is 0.490 e. The van der Waals surface area contributed by atoms with Crippen molar-refractivity contribution < 1.29 is 27.4 Å². The molecule has 0 N–H and O–H groups in total. The number of carbonyl (C=O) groups excluding carboxylic acids is 1. The van der Waals surface area contributed by atoms with Crippen molar-refractivity contribution in [2.45, 2.75) is 11.8 Å². The Morgan fingerprint density at radius 2 is 1.66 bits per heavy atom. The van der Waals surface area contributed by atoms with Gasteiger partial charge < -0.3 is 14.2 Å². The summed E-state index contributed by atoms with van der Waals surface area (Å²) in [6.45, 7) is 2.26. The fourth-order valence-corrected chi connectivity index (χ4v) is 3.65. The molecule has 2 aromatic carbocycles. The summed E-state index contributed by atoms with van der Waals surface area (Å²) in [5, 5.41) is 4.30. The quantitative estimate of drug-likeness (QED) is 0.339. The predicted octanol–water partition coefficient (Wildman–Crippen LogP) is 2.76. The summed E-state index contributed by atoms with van der Waals surface area (Å²) < 4.78 is 43.3. The minimum Gasteiger partial charge on any atom is -0.490 e. The van der Waals surface area contributed by atoms with E-state index in [-0.39, 0.29) is 36.2 Å². The van der Waals surface area contributed by atoms with Crippen molar-refractivity contribution in [2.75, 3.05) is 33.9 Å². The van der Waals surface area contributed by atoms with Crippen LogP contribution in [0.2, 0.25) is 0 Å². The van der Waals surface area contributed by atoms with E-state index in [1.165, 1.54) is 26.2 Å². The van der Waals surface area contributed by atoms with Crippen LogP contribution in [0.1, 0.15) is 17.4 Å². The molecule has 170 valence electrons. The van der Waals surface area contributed by atoms with E-state index in [1.54, 1.807) is 29.9 Å². The van der Waals surface area contributed by atoms with Gasteiger partial charge in [-0.1, -0.05) is 18.2 Å². The Bertz CT molecular complexity index is 1140. The number of carbonyl (C=O) groups is 1. The van der Waals surface area contributed by atoms with Crippen molar-refractivity contribution in [3.05, 3.63) is 66.5 Å². The van der Waals surface area contributed by atoms with Gasteiger partial charge in [0.2, 0.25) is 15.7 Å². The van der Waals surface area contributed by atoms with Crippen LogP contribution in [0.4, 0.5) is 0 Å². The molecule has 0 aliphatic heterocycles. The standard InChI is InChI=1S/C22H25N3O6S/c1-4-29-22(26)21-20(16-25(23-21)17-8-6-5-7-9-17)31-15-14-30-18-10-12-19(13-11-18)32(27,28)24(2)3/h5-13,16H,4,14-15H2,1-3H3. The number of benzene rings is 2. The molecule has 0 aliphatic carbocycles. The van der Waals surface area contributed by atoms with Gasteiger partial charge in [-0.05, 0) is 43.3 Å². The molecule has 0 spiro atoms. The third-order valence-corrected chi connectivity index (χ3v) is 6.21. The first-order chi connectivity index (χ1) is 15.3. The first-order valence-electron chi connectivity index (χ1n) is 9.93. The molecule has 9 nitrogen and oxygen atoms in total. The van der Waals surface area contributed by atoms with Gasteiger partial charge in [0, 0.05) is 14.1 Å². The van der Waals surface area contributed by atoms with Gasteiger partial charge in [0.25, 0.3) is 0 Å². The summed E-state index contributed by atoms with van der Waals surface area (Å²) in [6, 6.07) is 15.4. The number of nitrogens with zero attached hydrogens (tertiary/aromatic N) is 3. The van der Waals surface area contributed by atoms with Gasteiger partial charge in [0.15, 0.2) is 5.75 Å². The van der Waals surface area contributed by atoms with Crippen LogP contribution < -0.4 is 9.47 Å². The van der Waals surface area contributed by atoms with Crippen LogP contribution in [0.25, 0.3) is 5.69 Å². The Labute approximate surface area is 187 Å². The lowest BCUT2D eigenvalue weighted by Gasteiger charge is -2.12. The van der Waals surface area contributed by atoms with Crippen LogP contribution in [0, 0.1) is 0 Å². The zero-order valence-corrected chi connectivity index (χ0v) is 18.9. The highest BCUT2D eigenvalue weighted by molar-refractivity contribution is 7.89. The van der Waals surface area contributed by atoms with Crippen LogP contribution in [0.5, 0.6) is 11.5 Å². The van der Waals surface area contributed by atoms with Crippen LogP contribution >= 0.6 is 0 Å². The van der Waals surface area contributed by atoms with Crippen LogP contribution in [-0.4, -0.2) is 62.4 Å². The van der Waals surface area contributed by atoms with Gasteiger partial charge in [-0.25, -0.2) is 22.2 Å². The molecule has 0 atom stereocenters. The molecule has 0 fully saturated rings. The van der Waals surface area contributed by atoms with Crippen molar-refractivity contribution in [3.8, 4) is 17.2 Å². The average molecular weight is 460 g/mol. The summed E-state index contributed by atoms with van der Waals surface area (Å²) in [4.78, 5) is 12.4. The molecule has 0 amide bonds. The number of sulfonamides is 1. The Morgan fingerprint density at radius 3 is 2.28 bits per heavy atom. The van der Waals surface area contributed by atoms with Gasteiger partial charge in [0.05, 0.1) is 23.4 Å². The lowest BCUT2D eigenvalue weighted by molar-refractivity contribution is 0.0513. The summed E-state index contributed by atoms with van der Waals surface area (Å²) in [5.74, 6) is 0.205. The highest BCUT2D eigenvalue weighted by Crippen LogP contribution is 2.22. The predicted molar refractivity (Wildman–Crippen MR) is 118 cm³/mol. The number of aromatic nitrogens is 2. The van der Waals surface area contributed by atoms with E-state index in [1.807, 2.05) is 30.3 Å². The minimum absolute atomic E-state index is 0.0777. The molecular formula is C22H25N3O6S. The molecule has 0 unspecified atom stereocenters. The molecular weight excluding hydrogens is 434 g/mol. The first-order valence-corrected chi connectivity index (χ1v) is 11.4. The maximum absolute atomic E-state index is 12.3. The Balaban J connectivity index is 1.64. The SMILES string of the molecule is CCOC(=O)c1nn(-c2ccccc2)cc1OCCOc1ccc(S(=O)(=O)N(C)C)cc1. The van der Waals surface area contributed by atoms with Crippen molar-refractivity contribution >= 4 is 16.0 Å². The van der Waals surface area contributed by atoms with E-state index < -0.39 is 16.0 Å². The summed E-state index contributed by atoms with van der Waals surface area (Å²) in [6.07, 6.45) is 1.61. The number of esters is 1. The second-order valence-electron chi connectivity index (χ2n) is 6.80. The topological polar surface area (TPSA) is 100.0 Å². The van der Waals surface area contributed by atoms with E-state index in [9.17, 15) is 13.2 Å². The van der Waals surface area contributed by atoms with Crippen molar-refractivity contribution in [1.82, 2.24) is 14.1 Å². The Kier molecular flexibility index (Phi) is 7.49. The molecule has 0 saturated carbocycles. The lowest BCUT2D eigenvalue weighted by atomic mass is 10.3. The second kappa shape index (κ2) is 10.3. The zero-order valence-electron chi connectivity index (χ0n) is 18.1. The molecule has 0 radical (unpaired) electrons. The van der Waals surface area contributed by atoms with Gasteiger partial charge in [-0.2, -0.15) is 5.10 Å². The Morgan fingerprint density at radius 1 is 1.00 bits per heavy atom. The van der Waals surface area contributed by atoms with E-state index in [4.69, 9.17) is 14.2 Å². The third kappa shape index (κ3) is 5.45. The highest BCUT2D eigenvalue weighted by atomic mass is 32.2.